The van der Waals surface area contributed by atoms with Gasteiger partial charge < -0.3 is 14.8 Å². The van der Waals surface area contributed by atoms with Crippen molar-refractivity contribution in [1.82, 2.24) is 10.3 Å². The summed E-state index contributed by atoms with van der Waals surface area (Å²) in [7, 11) is 3.21. The molecule has 0 unspecified atom stereocenters. The van der Waals surface area contributed by atoms with Crippen LogP contribution in [0.15, 0.2) is 53.5 Å². The molecule has 0 amide bonds. The van der Waals surface area contributed by atoms with Crippen molar-refractivity contribution in [3.63, 3.8) is 0 Å². The zero-order chi connectivity index (χ0) is 24.8. The van der Waals surface area contributed by atoms with Crippen LogP contribution >= 0.6 is 0 Å². The van der Waals surface area contributed by atoms with Crippen LogP contribution in [0.3, 0.4) is 0 Å². The van der Waals surface area contributed by atoms with Gasteiger partial charge in [0.25, 0.3) is 0 Å². The molecule has 0 bridgehead atoms. The molecule has 182 valence electrons. The zero-order valence-corrected chi connectivity index (χ0v) is 20.4. The average Bonchev–Trinajstić information content (AvgIpc) is 3.39. The molecular formula is C28H30FN3O3. The Bertz CT molecular complexity index is 1230. The molecule has 4 rings (SSSR count). The van der Waals surface area contributed by atoms with Gasteiger partial charge in [0.2, 0.25) is 5.95 Å². The number of ketones is 1. The van der Waals surface area contributed by atoms with Crippen LogP contribution in [-0.4, -0.2) is 37.4 Å². The number of hydrogen-bond acceptors (Lipinski definition) is 6. The van der Waals surface area contributed by atoms with Crippen molar-refractivity contribution in [2.75, 3.05) is 20.8 Å². The number of aromatic nitrogens is 1. The molecule has 0 radical (unpaired) electrons. The van der Waals surface area contributed by atoms with Crippen LogP contribution in [0.2, 0.25) is 0 Å². The summed E-state index contributed by atoms with van der Waals surface area (Å²) in [6.45, 7) is 3.18. The fraction of sp³-hybridized carbons (Fsp3) is 0.321. The molecule has 0 spiro atoms. The first-order valence-corrected chi connectivity index (χ1v) is 11.7. The Balaban J connectivity index is 1.59. The number of nitrogens with one attached hydrogen (secondary N) is 1. The van der Waals surface area contributed by atoms with Gasteiger partial charge in [-0.25, -0.2) is 4.98 Å². The second-order valence-corrected chi connectivity index (χ2v) is 8.62. The molecule has 1 N–H and O–H groups in total. The molecule has 1 aliphatic rings. The van der Waals surface area contributed by atoms with E-state index in [9.17, 15) is 9.18 Å². The molecular weight excluding hydrogens is 445 g/mol. The highest BCUT2D eigenvalue weighted by molar-refractivity contribution is 5.97. The number of pyridine rings is 1. The predicted octanol–water partition coefficient (Wildman–Crippen LogP) is 5.31. The lowest BCUT2D eigenvalue weighted by Crippen LogP contribution is -2.20. The third kappa shape index (κ3) is 6.23. The second-order valence-electron chi connectivity index (χ2n) is 8.62. The molecule has 7 heteroatoms. The highest BCUT2D eigenvalue weighted by Crippen LogP contribution is 2.27. The first kappa shape index (κ1) is 24.4. The number of benzene rings is 2. The maximum atomic E-state index is 13.6. The van der Waals surface area contributed by atoms with E-state index in [1.54, 1.807) is 27.2 Å². The molecule has 35 heavy (non-hydrogen) atoms. The monoisotopic (exact) mass is 475 g/mol. The number of Topliss-reactive ketones (excluding diaryl/α,β-unsaturated/α-hetero) is 1. The number of nitrogens with zero attached hydrogens (tertiary/aromatic N) is 2. The first-order chi connectivity index (χ1) is 16.9. The van der Waals surface area contributed by atoms with E-state index in [0.29, 0.717) is 42.1 Å². The Hall–Kier alpha value is -3.74. The molecule has 2 aromatic carbocycles. The van der Waals surface area contributed by atoms with Crippen molar-refractivity contribution >= 4 is 11.6 Å². The van der Waals surface area contributed by atoms with E-state index in [2.05, 4.69) is 15.3 Å². The number of rotatable bonds is 9. The van der Waals surface area contributed by atoms with Crippen LogP contribution in [0.1, 0.15) is 46.4 Å². The van der Waals surface area contributed by atoms with Gasteiger partial charge >= 0.3 is 0 Å². The molecule has 0 saturated carbocycles. The topological polar surface area (TPSA) is 72.8 Å². The minimum absolute atomic E-state index is 0.0285. The Labute approximate surface area is 205 Å². The number of methoxy groups -OCH3 is 2. The van der Waals surface area contributed by atoms with Crippen LogP contribution in [0.4, 0.5) is 4.39 Å². The van der Waals surface area contributed by atoms with Crippen LogP contribution in [0, 0.1) is 12.9 Å². The Morgan fingerprint density at radius 1 is 1.03 bits per heavy atom. The van der Waals surface area contributed by atoms with Gasteiger partial charge in [-0.1, -0.05) is 0 Å². The predicted molar refractivity (Wildman–Crippen MR) is 135 cm³/mol. The van der Waals surface area contributed by atoms with Crippen LogP contribution < -0.4 is 14.8 Å². The largest absolute Gasteiger partial charge is 0.497 e. The first-order valence-electron chi connectivity index (χ1n) is 11.7. The molecule has 1 aliphatic heterocycles. The molecule has 3 aromatic rings. The van der Waals surface area contributed by atoms with Crippen molar-refractivity contribution in [3.05, 3.63) is 76.9 Å². The summed E-state index contributed by atoms with van der Waals surface area (Å²) in [6, 6.07) is 14.5. The zero-order valence-electron chi connectivity index (χ0n) is 20.4. The maximum absolute atomic E-state index is 13.6. The van der Waals surface area contributed by atoms with E-state index in [-0.39, 0.29) is 5.78 Å². The quantitative estimate of drug-likeness (QED) is 0.335. The molecule has 0 aliphatic carbocycles. The molecule has 2 heterocycles. The lowest BCUT2D eigenvalue weighted by Gasteiger charge is -2.13. The minimum atomic E-state index is -0.520. The number of ether oxygens (including phenoxy) is 2. The van der Waals surface area contributed by atoms with Gasteiger partial charge in [0.15, 0.2) is 5.78 Å². The van der Waals surface area contributed by atoms with E-state index in [1.807, 2.05) is 36.4 Å². The highest BCUT2D eigenvalue weighted by atomic mass is 19.1. The van der Waals surface area contributed by atoms with Crippen molar-refractivity contribution in [2.24, 2.45) is 4.99 Å². The van der Waals surface area contributed by atoms with Gasteiger partial charge in [-0.05, 0) is 78.9 Å². The summed E-state index contributed by atoms with van der Waals surface area (Å²) in [5, 5.41) is 3.38. The summed E-state index contributed by atoms with van der Waals surface area (Å²) in [6.07, 6.45) is 2.89. The molecule has 0 atom stereocenters. The van der Waals surface area contributed by atoms with Crippen molar-refractivity contribution in [1.29, 1.82) is 0 Å². The number of aryl methyl sites for hydroxylation is 2. The van der Waals surface area contributed by atoms with Crippen molar-refractivity contribution < 1.29 is 18.7 Å². The second kappa shape index (κ2) is 11.1. The van der Waals surface area contributed by atoms with E-state index < -0.39 is 5.95 Å². The Kier molecular flexibility index (Phi) is 7.75. The van der Waals surface area contributed by atoms with Crippen molar-refractivity contribution in [2.45, 2.75) is 39.2 Å². The number of hydrogen-bond donors (Lipinski definition) is 1. The van der Waals surface area contributed by atoms with E-state index in [4.69, 9.17) is 9.47 Å². The fourth-order valence-corrected chi connectivity index (χ4v) is 4.25. The summed E-state index contributed by atoms with van der Waals surface area (Å²) >= 11 is 0. The number of carbonyl (C=O) groups is 1. The van der Waals surface area contributed by atoms with E-state index >= 15 is 0 Å². The van der Waals surface area contributed by atoms with Crippen LogP contribution in [-0.2, 0) is 13.0 Å². The number of carbonyl (C=O) groups excluding carboxylic acids is 1. The third-order valence-electron chi connectivity index (χ3n) is 6.10. The van der Waals surface area contributed by atoms with Crippen molar-refractivity contribution in [3.8, 4) is 22.6 Å². The summed E-state index contributed by atoms with van der Waals surface area (Å²) in [5.41, 5.74) is 4.77. The van der Waals surface area contributed by atoms with Gasteiger partial charge in [-0.15, -0.1) is 0 Å². The van der Waals surface area contributed by atoms with Gasteiger partial charge in [0, 0.05) is 48.8 Å². The third-order valence-corrected chi connectivity index (χ3v) is 6.10. The summed E-state index contributed by atoms with van der Waals surface area (Å²) in [4.78, 5) is 21.7. The van der Waals surface area contributed by atoms with Gasteiger partial charge in [-0.3, -0.25) is 9.79 Å². The normalized spacial score (nSPS) is 12.9. The number of amidine groups is 1. The fourth-order valence-electron chi connectivity index (χ4n) is 4.25. The molecule has 0 saturated heterocycles. The summed E-state index contributed by atoms with van der Waals surface area (Å²) < 4.78 is 24.3. The Morgan fingerprint density at radius 3 is 2.46 bits per heavy atom. The number of aliphatic imine (C=N–C) groups is 1. The van der Waals surface area contributed by atoms with Crippen LogP contribution in [0.5, 0.6) is 11.5 Å². The van der Waals surface area contributed by atoms with E-state index in [1.165, 1.54) is 6.07 Å². The Morgan fingerprint density at radius 2 is 1.80 bits per heavy atom. The SMILES string of the molecule is COc1cc(CCC(=O)c2cc(CNC3=NCCC3)cc(-c3ccc(F)nc3C)c2)cc(OC)c1. The van der Waals surface area contributed by atoms with Gasteiger partial charge in [0.1, 0.15) is 11.5 Å². The highest BCUT2D eigenvalue weighted by Gasteiger charge is 2.14. The lowest BCUT2D eigenvalue weighted by atomic mass is 9.95. The van der Waals surface area contributed by atoms with Gasteiger partial charge in [-0.2, -0.15) is 4.39 Å². The molecule has 6 nitrogen and oxygen atoms in total. The maximum Gasteiger partial charge on any atom is 0.213 e. The minimum Gasteiger partial charge on any atom is -0.497 e. The van der Waals surface area contributed by atoms with Gasteiger partial charge in [0.05, 0.1) is 20.1 Å². The molecule has 1 aromatic heterocycles. The summed E-state index contributed by atoms with van der Waals surface area (Å²) in [5.74, 6) is 1.89. The molecule has 0 fully saturated rings. The lowest BCUT2D eigenvalue weighted by molar-refractivity contribution is 0.0982. The van der Waals surface area contributed by atoms with E-state index in [0.717, 1.165) is 47.5 Å². The number of halogens is 1. The average molecular weight is 476 g/mol. The smallest absolute Gasteiger partial charge is 0.213 e. The van der Waals surface area contributed by atoms with Crippen LogP contribution in [0.25, 0.3) is 11.1 Å². The standard InChI is InChI=1S/C28H30FN3O3/c1-18-25(7-9-27(29)32-18)21-11-20(17-31-28-5-4-10-30-28)12-22(15-21)26(33)8-6-19-13-23(34-2)16-24(14-19)35-3/h7,9,11-16H,4-6,8,10,17H2,1-3H3,(H,30,31).